The van der Waals surface area contributed by atoms with E-state index in [1.165, 1.54) is 18.2 Å². The van der Waals surface area contributed by atoms with Crippen LogP contribution < -0.4 is 0 Å². The van der Waals surface area contributed by atoms with Crippen molar-refractivity contribution in [2.45, 2.75) is 4.90 Å². The monoisotopic (exact) mass is 268 g/mol. The summed E-state index contributed by atoms with van der Waals surface area (Å²) in [6.45, 7) is 0. The van der Waals surface area contributed by atoms with Gasteiger partial charge < -0.3 is 0 Å². The van der Waals surface area contributed by atoms with Crippen LogP contribution in [0.3, 0.4) is 0 Å². The van der Waals surface area contributed by atoms with Crippen molar-refractivity contribution in [2.75, 3.05) is 6.26 Å². The third kappa shape index (κ3) is 2.73. The van der Waals surface area contributed by atoms with Gasteiger partial charge in [0, 0.05) is 12.3 Å². The zero-order chi connectivity index (χ0) is 13.3. The van der Waals surface area contributed by atoms with Crippen molar-refractivity contribution in [1.82, 2.24) is 0 Å². The summed E-state index contributed by atoms with van der Waals surface area (Å²) in [6, 6.07) is 9.05. The van der Waals surface area contributed by atoms with Crippen LogP contribution in [0.5, 0.6) is 0 Å². The van der Waals surface area contributed by atoms with Crippen LogP contribution in [-0.2, 0) is 9.84 Å². The Hall–Kier alpha value is -1.75. The fourth-order valence-electron chi connectivity index (χ4n) is 1.63. The molecule has 0 heterocycles. The van der Waals surface area contributed by atoms with E-state index in [0.29, 0.717) is 11.1 Å². The average molecular weight is 268 g/mol. The second-order valence-electron chi connectivity index (χ2n) is 3.96. The van der Waals surface area contributed by atoms with Crippen molar-refractivity contribution < 1.29 is 17.2 Å². The van der Waals surface area contributed by atoms with Gasteiger partial charge in [0.2, 0.25) is 0 Å². The minimum Gasteiger partial charge on any atom is -0.224 e. The smallest absolute Gasteiger partial charge is 0.175 e. The molecule has 18 heavy (non-hydrogen) atoms. The molecule has 0 bridgehead atoms. The average Bonchev–Trinajstić information content (AvgIpc) is 2.27. The second-order valence-corrected chi connectivity index (χ2v) is 5.97. The lowest BCUT2D eigenvalue weighted by atomic mass is 10.1. The first-order valence-corrected chi connectivity index (χ1v) is 7.02. The van der Waals surface area contributed by atoms with Crippen molar-refractivity contribution >= 4 is 9.84 Å². The molecule has 0 atom stereocenters. The SMILES string of the molecule is CS(=O)(=O)c1cccc(-c2cc(F)cc(F)c2)c1. The van der Waals surface area contributed by atoms with Crippen molar-refractivity contribution in [3.63, 3.8) is 0 Å². The van der Waals surface area contributed by atoms with Gasteiger partial charge in [-0.2, -0.15) is 0 Å². The Balaban J connectivity index is 2.58. The first-order chi connectivity index (χ1) is 8.36. The molecule has 0 unspecified atom stereocenters. The van der Waals surface area contributed by atoms with E-state index in [1.807, 2.05) is 0 Å². The predicted molar refractivity (Wildman–Crippen MR) is 64.9 cm³/mol. The van der Waals surface area contributed by atoms with E-state index in [4.69, 9.17) is 0 Å². The highest BCUT2D eigenvalue weighted by atomic mass is 32.2. The molecule has 2 aromatic rings. The molecule has 0 aromatic heterocycles. The van der Waals surface area contributed by atoms with Crippen molar-refractivity contribution in [1.29, 1.82) is 0 Å². The Morgan fingerprint density at radius 3 is 2.06 bits per heavy atom. The van der Waals surface area contributed by atoms with Crippen molar-refractivity contribution in [3.05, 3.63) is 54.1 Å². The highest BCUT2D eigenvalue weighted by molar-refractivity contribution is 7.90. The fraction of sp³-hybridized carbons (Fsp3) is 0.0769. The van der Waals surface area contributed by atoms with Crippen LogP contribution in [0.15, 0.2) is 47.4 Å². The zero-order valence-corrected chi connectivity index (χ0v) is 10.3. The molecule has 0 saturated heterocycles. The van der Waals surface area contributed by atoms with Gasteiger partial charge in [0.25, 0.3) is 0 Å². The van der Waals surface area contributed by atoms with E-state index < -0.39 is 21.5 Å². The summed E-state index contributed by atoms with van der Waals surface area (Å²) in [5.41, 5.74) is 0.759. The van der Waals surface area contributed by atoms with Crippen molar-refractivity contribution in [3.8, 4) is 11.1 Å². The summed E-state index contributed by atoms with van der Waals surface area (Å²) in [4.78, 5) is 0.115. The summed E-state index contributed by atoms with van der Waals surface area (Å²) in [7, 11) is -3.34. The zero-order valence-electron chi connectivity index (χ0n) is 9.52. The first kappa shape index (κ1) is 12.7. The standard InChI is InChI=1S/C13H10F2O2S/c1-18(16,17)13-4-2-3-9(7-13)10-5-11(14)8-12(15)6-10/h2-8H,1H3. The van der Waals surface area contributed by atoms with Gasteiger partial charge in [-0.3, -0.25) is 0 Å². The number of rotatable bonds is 2. The Morgan fingerprint density at radius 2 is 1.50 bits per heavy atom. The van der Waals surface area contributed by atoms with Crippen LogP contribution in [0.2, 0.25) is 0 Å². The maximum absolute atomic E-state index is 13.1. The molecule has 0 N–H and O–H groups in total. The van der Waals surface area contributed by atoms with Crippen LogP contribution in [-0.4, -0.2) is 14.7 Å². The molecule has 2 aromatic carbocycles. The number of halogens is 2. The van der Waals surface area contributed by atoms with Crippen LogP contribution >= 0.6 is 0 Å². The molecular weight excluding hydrogens is 258 g/mol. The van der Waals surface area contributed by atoms with Gasteiger partial charge in [-0.15, -0.1) is 0 Å². The van der Waals surface area contributed by atoms with Gasteiger partial charge in [0.1, 0.15) is 11.6 Å². The van der Waals surface area contributed by atoms with Gasteiger partial charge in [0.05, 0.1) is 4.90 Å². The molecule has 0 aliphatic rings. The van der Waals surface area contributed by atoms with E-state index in [9.17, 15) is 17.2 Å². The summed E-state index contributed by atoms with van der Waals surface area (Å²) in [5, 5.41) is 0. The fourth-order valence-corrected chi connectivity index (χ4v) is 2.29. The molecule has 0 fully saturated rings. The Bertz CT molecular complexity index is 674. The largest absolute Gasteiger partial charge is 0.224 e. The Kier molecular flexibility index (Phi) is 3.17. The number of benzene rings is 2. The van der Waals surface area contributed by atoms with Crippen LogP contribution in [0.1, 0.15) is 0 Å². The molecule has 0 radical (unpaired) electrons. The number of sulfone groups is 1. The summed E-state index contributed by atoms with van der Waals surface area (Å²) < 4.78 is 49.0. The Labute approximate surface area is 104 Å². The number of hydrogen-bond acceptors (Lipinski definition) is 2. The molecule has 0 aliphatic heterocycles. The highest BCUT2D eigenvalue weighted by Crippen LogP contribution is 2.24. The van der Waals surface area contributed by atoms with E-state index in [0.717, 1.165) is 24.5 Å². The minimum absolute atomic E-state index is 0.115. The van der Waals surface area contributed by atoms with Gasteiger partial charge >= 0.3 is 0 Å². The second kappa shape index (κ2) is 4.49. The van der Waals surface area contributed by atoms with Crippen LogP contribution in [0.25, 0.3) is 11.1 Å². The minimum atomic E-state index is -3.34. The quantitative estimate of drug-likeness (QED) is 0.839. The first-order valence-electron chi connectivity index (χ1n) is 5.13. The van der Waals surface area contributed by atoms with E-state index in [-0.39, 0.29) is 4.90 Å². The summed E-state index contributed by atoms with van der Waals surface area (Å²) in [6.07, 6.45) is 1.08. The van der Waals surface area contributed by atoms with E-state index in [1.54, 1.807) is 6.07 Å². The maximum Gasteiger partial charge on any atom is 0.175 e. The predicted octanol–water partition coefficient (Wildman–Crippen LogP) is 3.04. The molecule has 0 aliphatic carbocycles. The normalized spacial score (nSPS) is 11.5. The lowest BCUT2D eigenvalue weighted by Crippen LogP contribution is -1.97. The molecule has 94 valence electrons. The topological polar surface area (TPSA) is 34.1 Å². The lowest BCUT2D eigenvalue weighted by molar-refractivity contribution is 0.584. The van der Waals surface area contributed by atoms with E-state index in [2.05, 4.69) is 0 Å². The third-order valence-electron chi connectivity index (χ3n) is 2.46. The van der Waals surface area contributed by atoms with Crippen molar-refractivity contribution in [2.24, 2.45) is 0 Å². The molecule has 0 spiro atoms. The molecule has 0 amide bonds. The third-order valence-corrected chi connectivity index (χ3v) is 3.57. The molecule has 0 saturated carbocycles. The van der Waals surface area contributed by atoms with Gasteiger partial charge in [-0.1, -0.05) is 12.1 Å². The molecular formula is C13H10F2O2S. The van der Waals surface area contributed by atoms with E-state index >= 15 is 0 Å². The number of hydrogen-bond donors (Lipinski definition) is 0. The van der Waals surface area contributed by atoms with Crippen LogP contribution in [0.4, 0.5) is 8.78 Å². The molecule has 2 nitrogen and oxygen atoms in total. The lowest BCUT2D eigenvalue weighted by Gasteiger charge is -2.05. The maximum atomic E-state index is 13.1. The molecule has 5 heteroatoms. The van der Waals surface area contributed by atoms with Gasteiger partial charge in [-0.05, 0) is 35.4 Å². The van der Waals surface area contributed by atoms with Gasteiger partial charge in [0.15, 0.2) is 9.84 Å². The summed E-state index contributed by atoms with van der Waals surface area (Å²) >= 11 is 0. The Morgan fingerprint density at radius 1 is 0.889 bits per heavy atom. The summed E-state index contributed by atoms with van der Waals surface area (Å²) in [5.74, 6) is -1.40. The highest BCUT2D eigenvalue weighted by Gasteiger charge is 2.09. The van der Waals surface area contributed by atoms with Gasteiger partial charge in [-0.25, -0.2) is 17.2 Å². The molecule has 2 rings (SSSR count). The van der Waals surface area contributed by atoms with Crippen LogP contribution in [0, 0.1) is 11.6 Å².